The molecule has 0 aromatic rings. The van der Waals surface area contributed by atoms with E-state index in [-0.39, 0.29) is 5.91 Å². The van der Waals surface area contributed by atoms with E-state index in [1.165, 1.54) is 0 Å². The van der Waals surface area contributed by atoms with Gasteiger partial charge in [0.25, 0.3) is 0 Å². The zero-order valence-electron chi connectivity index (χ0n) is 7.64. The van der Waals surface area contributed by atoms with E-state index >= 15 is 0 Å². The molecule has 5 heteroatoms. The minimum Gasteiger partial charge on any atom is -0.449 e. The Morgan fingerprint density at radius 1 is 1.46 bits per heavy atom. The molecule has 0 spiro atoms. The number of alkyl halides is 1. The fraction of sp³-hybridized carbons (Fsp3) is 0.750. The van der Waals surface area contributed by atoms with Crippen molar-refractivity contribution in [2.24, 2.45) is 0 Å². The molecule has 0 radical (unpaired) electrons. The monoisotopic (exact) mass is 299 g/mol. The lowest BCUT2D eigenvalue weighted by molar-refractivity contribution is -0.120. The Labute approximate surface area is 91.5 Å². The van der Waals surface area contributed by atoms with Crippen LogP contribution in [0.5, 0.6) is 0 Å². The molecule has 0 aliphatic heterocycles. The Bertz CT molecular complexity index is 173. The maximum Gasteiger partial charge on any atom is 0.413 e. The standard InChI is InChI=1S/C8H14INO3/c1-2-3-6-13-8(12)10-7(11)4-5-9/h2-6H2,1H3,(H,10,11,12). The second-order valence-corrected chi connectivity index (χ2v) is 3.56. The van der Waals surface area contributed by atoms with Crippen molar-refractivity contribution in [2.75, 3.05) is 11.0 Å². The average Bonchev–Trinajstić information content (AvgIpc) is 2.05. The van der Waals surface area contributed by atoms with Crippen LogP contribution in [0.25, 0.3) is 0 Å². The SMILES string of the molecule is CCCCOC(=O)NC(=O)CCI. The van der Waals surface area contributed by atoms with Gasteiger partial charge in [-0.1, -0.05) is 35.9 Å². The van der Waals surface area contributed by atoms with Crippen LogP contribution in [0.1, 0.15) is 26.2 Å². The Morgan fingerprint density at radius 3 is 2.69 bits per heavy atom. The third-order valence-corrected chi connectivity index (χ3v) is 1.83. The molecule has 0 aromatic heterocycles. The quantitative estimate of drug-likeness (QED) is 0.479. The highest BCUT2D eigenvalue weighted by atomic mass is 127. The first-order valence-corrected chi connectivity index (χ1v) is 5.75. The van der Waals surface area contributed by atoms with E-state index in [2.05, 4.69) is 27.9 Å². The molecule has 0 unspecified atom stereocenters. The van der Waals surface area contributed by atoms with E-state index in [1.54, 1.807) is 0 Å². The molecule has 13 heavy (non-hydrogen) atoms. The van der Waals surface area contributed by atoms with Crippen molar-refractivity contribution in [3.63, 3.8) is 0 Å². The number of hydrogen-bond donors (Lipinski definition) is 1. The first kappa shape index (κ1) is 12.7. The van der Waals surface area contributed by atoms with Crippen molar-refractivity contribution in [3.05, 3.63) is 0 Å². The Balaban J connectivity index is 3.44. The summed E-state index contributed by atoms with van der Waals surface area (Å²) in [6.45, 7) is 2.38. The van der Waals surface area contributed by atoms with Crippen LogP contribution in [0.15, 0.2) is 0 Å². The van der Waals surface area contributed by atoms with E-state index in [4.69, 9.17) is 4.74 Å². The van der Waals surface area contributed by atoms with E-state index in [9.17, 15) is 9.59 Å². The van der Waals surface area contributed by atoms with Gasteiger partial charge in [0, 0.05) is 10.8 Å². The molecule has 76 valence electrons. The van der Waals surface area contributed by atoms with Gasteiger partial charge in [0.2, 0.25) is 5.91 Å². The summed E-state index contributed by atoms with van der Waals surface area (Å²) in [5.41, 5.74) is 0. The van der Waals surface area contributed by atoms with Crippen LogP contribution in [0.4, 0.5) is 4.79 Å². The average molecular weight is 299 g/mol. The Morgan fingerprint density at radius 2 is 2.15 bits per heavy atom. The number of ether oxygens (including phenoxy) is 1. The van der Waals surface area contributed by atoms with Crippen LogP contribution in [0.2, 0.25) is 0 Å². The van der Waals surface area contributed by atoms with Gasteiger partial charge in [-0.15, -0.1) is 0 Å². The number of imide groups is 1. The summed E-state index contributed by atoms with van der Waals surface area (Å²) in [7, 11) is 0. The Kier molecular flexibility index (Phi) is 8.07. The van der Waals surface area contributed by atoms with Crippen LogP contribution >= 0.6 is 22.6 Å². The van der Waals surface area contributed by atoms with Gasteiger partial charge >= 0.3 is 6.09 Å². The number of amides is 2. The molecule has 1 N–H and O–H groups in total. The van der Waals surface area contributed by atoms with Crippen LogP contribution in [0, 0.1) is 0 Å². The minimum absolute atomic E-state index is 0.282. The summed E-state index contributed by atoms with van der Waals surface area (Å²) in [4.78, 5) is 21.7. The fourth-order valence-corrected chi connectivity index (χ4v) is 1.10. The predicted octanol–water partition coefficient (Wildman–Crippen LogP) is 1.86. The number of alkyl carbamates (subject to hydrolysis) is 1. The summed E-state index contributed by atoms with van der Waals surface area (Å²) >= 11 is 2.07. The number of unbranched alkanes of at least 4 members (excludes halogenated alkanes) is 1. The van der Waals surface area contributed by atoms with Gasteiger partial charge in [0.1, 0.15) is 0 Å². The molecule has 0 atom stereocenters. The highest BCUT2D eigenvalue weighted by Crippen LogP contribution is 1.91. The minimum atomic E-state index is -0.636. The highest BCUT2D eigenvalue weighted by Gasteiger charge is 2.06. The van der Waals surface area contributed by atoms with E-state index < -0.39 is 6.09 Å². The van der Waals surface area contributed by atoms with Crippen molar-refractivity contribution in [3.8, 4) is 0 Å². The third-order valence-electron chi connectivity index (χ3n) is 1.29. The molecular weight excluding hydrogens is 285 g/mol. The molecular formula is C8H14INO3. The van der Waals surface area contributed by atoms with Crippen molar-refractivity contribution < 1.29 is 14.3 Å². The smallest absolute Gasteiger partial charge is 0.413 e. The lowest BCUT2D eigenvalue weighted by Gasteiger charge is -2.03. The maximum atomic E-state index is 10.9. The van der Waals surface area contributed by atoms with Gasteiger partial charge in [-0.2, -0.15) is 0 Å². The first-order valence-electron chi connectivity index (χ1n) is 4.23. The van der Waals surface area contributed by atoms with Crippen molar-refractivity contribution in [1.82, 2.24) is 5.32 Å². The third kappa shape index (κ3) is 8.01. The zero-order chi connectivity index (χ0) is 10.1. The van der Waals surface area contributed by atoms with Crippen molar-refractivity contribution in [1.29, 1.82) is 0 Å². The molecule has 0 aliphatic carbocycles. The van der Waals surface area contributed by atoms with Crippen LogP contribution in [-0.2, 0) is 9.53 Å². The van der Waals surface area contributed by atoms with Gasteiger partial charge < -0.3 is 4.74 Å². The molecule has 0 rings (SSSR count). The second-order valence-electron chi connectivity index (χ2n) is 2.48. The van der Waals surface area contributed by atoms with E-state index in [1.807, 2.05) is 6.92 Å². The molecule has 4 nitrogen and oxygen atoms in total. The largest absolute Gasteiger partial charge is 0.449 e. The van der Waals surface area contributed by atoms with Gasteiger partial charge in [-0.3, -0.25) is 10.1 Å². The van der Waals surface area contributed by atoms with Gasteiger partial charge in [0.05, 0.1) is 6.61 Å². The molecule has 0 saturated heterocycles. The fourth-order valence-electron chi connectivity index (χ4n) is 0.607. The number of nitrogens with one attached hydrogen (secondary N) is 1. The summed E-state index contributed by atoms with van der Waals surface area (Å²) in [5.74, 6) is -0.282. The van der Waals surface area contributed by atoms with Crippen LogP contribution in [0.3, 0.4) is 0 Å². The van der Waals surface area contributed by atoms with Crippen LogP contribution < -0.4 is 5.32 Å². The van der Waals surface area contributed by atoms with Gasteiger partial charge in [-0.25, -0.2) is 4.79 Å². The predicted molar refractivity (Wildman–Crippen MR) is 57.9 cm³/mol. The molecule has 0 aromatic carbocycles. The van der Waals surface area contributed by atoms with Crippen molar-refractivity contribution in [2.45, 2.75) is 26.2 Å². The van der Waals surface area contributed by atoms with Gasteiger partial charge in [0.15, 0.2) is 0 Å². The summed E-state index contributed by atoms with van der Waals surface area (Å²) < 4.78 is 5.43. The highest BCUT2D eigenvalue weighted by molar-refractivity contribution is 14.1. The molecule has 0 saturated carbocycles. The summed E-state index contributed by atoms with van der Waals surface area (Å²) in [6.07, 6.45) is 1.51. The molecule has 0 bridgehead atoms. The second kappa shape index (κ2) is 8.28. The van der Waals surface area contributed by atoms with Crippen LogP contribution in [-0.4, -0.2) is 23.0 Å². The molecule has 0 heterocycles. The molecule has 0 fully saturated rings. The number of halogens is 1. The van der Waals surface area contributed by atoms with E-state index in [0.29, 0.717) is 17.5 Å². The number of hydrogen-bond acceptors (Lipinski definition) is 3. The Hall–Kier alpha value is -0.330. The van der Waals surface area contributed by atoms with Crippen molar-refractivity contribution >= 4 is 34.6 Å². The lowest BCUT2D eigenvalue weighted by atomic mass is 10.4. The maximum absolute atomic E-state index is 10.9. The summed E-state index contributed by atoms with van der Waals surface area (Å²) in [6, 6.07) is 0. The number of rotatable bonds is 5. The normalized spacial score (nSPS) is 9.38. The molecule has 0 aliphatic rings. The number of carbonyl (C=O) groups excluding carboxylic acids is 2. The lowest BCUT2D eigenvalue weighted by Crippen LogP contribution is -2.31. The zero-order valence-corrected chi connectivity index (χ0v) is 9.80. The molecule has 2 amide bonds. The summed E-state index contributed by atoms with van der Waals surface area (Å²) in [5, 5.41) is 2.13. The van der Waals surface area contributed by atoms with Gasteiger partial charge in [-0.05, 0) is 6.42 Å². The number of carbonyl (C=O) groups is 2. The topological polar surface area (TPSA) is 55.4 Å². The van der Waals surface area contributed by atoms with E-state index in [0.717, 1.165) is 12.8 Å². The first-order chi connectivity index (χ1) is 6.20.